The van der Waals surface area contributed by atoms with Crippen LogP contribution in [0.1, 0.15) is 19.8 Å². The summed E-state index contributed by atoms with van der Waals surface area (Å²) in [5, 5.41) is 16.6. The molecule has 2 aromatic rings. The largest absolute Gasteiger partial charge is 0.507 e. The van der Waals surface area contributed by atoms with E-state index >= 15 is 0 Å². The number of hydrogen-bond acceptors (Lipinski definition) is 5. The Hall–Kier alpha value is -2.15. The summed E-state index contributed by atoms with van der Waals surface area (Å²) in [6.07, 6.45) is 1.95. The van der Waals surface area contributed by atoms with E-state index in [4.69, 9.17) is 5.73 Å². The number of nitrogens with two attached hydrogens (primary N) is 1. The summed E-state index contributed by atoms with van der Waals surface area (Å²) in [4.78, 5) is 6.32. The van der Waals surface area contributed by atoms with Crippen molar-refractivity contribution in [2.75, 3.05) is 11.4 Å². The van der Waals surface area contributed by atoms with Crippen molar-refractivity contribution in [1.82, 2.24) is 15.2 Å². The molecular weight excluding hydrogens is 273 g/mol. The Kier molecular flexibility index (Phi) is 3.50. The second-order valence-corrected chi connectivity index (χ2v) is 5.36. The molecule has 1 saturated heterocycles. The van der Waals surface area contributed by atoms with Gasteiger partial charge >= 0.3 is 0 Å². The van der Waals surface area contributed by atoms with Crippen molar-refractivity contribution in [1.29, 1.82) is 0 Å². The van der Waals surface area contributed by atoms with Gasteiger partial charge in [-0.2, -0.15) is 4.98 Å². The molecule has 1 aromatic heterocycles. The highest BCUT2D eigenvalue weighted by Gasteiger charge is 2.28. The molecule has 0 spiro atoms. The molecule has 0 aliphatic carbocycles. The van der Waals surface area contributed by atoms with E-state index in [9.17, 15) is 9.50 Å². The summed E-state index contributed by atoms with van der Waals surface area (Å²) in [6, 6.07) is 4.33. The standard InChI is InChI=1S/C14H18FN5O/c1-8-10(16)5-3-7-20(8)14-17-13(18-19-14)12-9(15)4-2-6-11(12)21/h2,4,6,8,10,21H,3,5,7,16H2,1H3,(H,17,18,19). The number of H-pyrrole nitrogens is 1. The number of phenols is 1. The van der Waals surface area contributed by atoms with E-state index in [0.717, 1.165) is 19.4 Å². The van der Waals surface area contributed by atoms with Crippen LogP contribution in [0.25, 0.3) is 11.4 Å². The SMILES string of the molecule is CC1C(N)CCCN1c1n[nH]c(-c2c(O)cccc2F)n1. The quantitative estimate of drug-likeness (QED) is 0.782. The van der Waals surface area contributed by atoms with E-state index in [0.29, 0.717) is 5.95 Å². The average molecular weight is 291 g/mol. The predicted molar refractivity (Wildman–Crippen MR) is 77.5 cm³/mol. The van der Waals surface area contributed by atoms with Gasteiger partial charge in [0.15, 0.2) is 5.82 Å². The number of aromatic hydroxyl groups is 1. The van der Waals surface area contributed by atoms with Crippen LogP contribution in [0.4, 0.5) is 10.3 Å². The zero-order chi connectivity index (χ0) is 15.0. The summed E-state index contributed by atoms with van der Waals surface area (Å²) in [5.74, 6) is -0.00978. The highest BCUT2D eigenvalue weighted by molar-refractivity contribution is 5.65. The van der Waals surface area contributed by atoms with E-state index in [-0.39, 0.29) is 29.2 Å². The smallest absolute Gasteiger partial charge is 0.245 e. The van der Waals surface area contributed by atoms with Crippen molar-refractivity contribution in [3.05, 3.63) is 24.0 Å². The van der Waals surface area contributed by atoms with Gasteiger partial charge in [0.05, 0.1) is 5.56 Å². The average Bonchev–Trinajstić information content (AvgIpc) is 2.91. The number of nitrogens with one attached hydrogen (secondary N) is 1. The number of hydrogen-bond donors (Lipinski definition) is 3. The van der Waals surface area contributed by atoms with Gasteiger partial charge in [0, 0.05) is 18.6 Å². The third kappa shape index (κ3) is 2.44. The molecule has 1 aliphatic heterocycles. The van der Waals surface area contributed by atoms with Gasteiger partial charge in [0.25, 0.3) is 0 Å². The van der Waals surface area contributed by atoms with Gasteiger partial charge < -0.3 is 15.7 Å². The van der Waals surface area contributed by atoms with Gasteiger partial charge in [-0.1, -0.05) is 6.07 Å². The molecule has 112 valence electrons. The van der Waals surface area contributed by atoms with E-state index in [1.54, 1.807) is 0 Å². The van der Waals surface area contributed by atoms with E-state index < -0.39 is 5.82 Å². The molecular formula is C14H18FN5O. The van der Waals surface area contributed by atoms with E-state index in [1.165, 1.54) is 18.2 Å². The van der Waals surface area contributed by atoms with Gasteiger partial charge in [-0.25, -0.2) is 4.39 Å². The Balaban J connectivity index is 1.93. The minimum Gasteiger partial charge on any atom is -0.507 e. The van der Waals surface area contributed by atoms with Crippen molar-refractivity contribution in [3.63, 3.8) is 0 Å². The summed E-state index contributed by atoms with van der Waals surface area (Å²) in [5.41, 5.74) is 6.10. The predicted octanol–water partition coefficient (Wildman–Crippen LogP) is 1.63. The van der Waals surface area contributed by atoms with Gasteiger partial charge in [-0.3, -0.25) is 5.10 Å². The molecule has 0 radical (unpaired) electrons. The van der Waals surface area contributed by atoms with Crippen LogP contribution in [0.5, 0.6) is 5.75 Å². The van der Waals surface area contributed by atoms with Crippen molar-refractivity contribution >= 4 is 5.95 Å². The van der Waals surface area contributed by atoms with Gasteiger partial charge in [-0.05, 0) is 31.9 Å². The van der Waals surface area contributed by atoms with Crippen LogP contribution in [0.2, 0.25) is 0 Å². The zero-order valence-corrected chi connectivity index (χ0v) is 11.8. The number of aromatic nitrogens is 3. The Morgan fingerprint density at radius 2 is 2.29 bits per heavy atom. The Morgan fingerprint density at radius 3 is 3.05 bits per heavy atom. The third-order valence-corrected chi connectivity index (χ3v) is 4.01. The molecule has 4 N–H and O–H groups in total. The summed E-state index contributed by atoms with van der Waals surface area (Å²) >= 11 is 0. The number of phenolic OH excluding ortho intramolecular Hbond substituents is 1. The van der Waals surface area contributed by atoms with Gasteiger partial charge in [0.1, 0.15) is 11.6 Å². The molecule has 1 fully saturated rings. The van der Waals surface area contributed by atoms with Crippen LogP contribution in [0.3, 0.4) is 0 Å². The van der Waals surface area contributed by atoms with Crippen molar-refractivity contribution in [2.45, 2.75) is 31.8 Å². The first kappa shape index (κ1) is 13.8. The first-order chi connectivity index (χ1) is 10.1. The maximum absolute atomic E-state index is 13.8. The minimum atomic E-state index is -0.541. The monoisotopic (exact) mass is 291 g/mol. The minimum absolute atomic E-state index is 0.0326. The molecule has 6 nitrogen and oxygen atoms in total. The first-order valence-corrected chi connectivity index (χ1v) is 7.00. The number of rotatable bonds is 2. The molecule has 2 heterocycles. The highest BCUT2D eigenvalue weighted by Crippen LogP contribution is 2.30. The summed E-state index contributed by atoms with van der Waals surface area (Å²) in [7, 11) is 0. The molecule has 3 rings (SSSR count). The molecule has 21 heavy (non-hydrogen) atoms. The molecule has 1 aromatic carbocycles. The fraction of sp³-hybridized carbons (Fsp3) is 0.429. The molecule has 1 aliphatic rings. The van der Waals surface area contributed by atoms with Crippen LogP contribution >= 0.6 is 0 Å². The summed E-state index contributed by atoms with van der Waals surface area (Å²) in [6.45, 7) is 2.84. The lowest BCUT2D eigenvalue weighted by atomic mass is 9.99. The second kappa shape index (κ2) is 5.33. The van der Waals surface area contributed by atoms with Gasteiger partial charge in [0.2, 0.25) is 5.95 Å². The maximum Gasteiger partial charge on any atom is 0.245 e. The summed E-state index contributed by atoms with van der Waals surface area (Å²) < 4.78 is 13.8. The first-order valence-electron chi connectivity index (χ1n) is 7.00. The maximum atomic E-state index is 13.8. The lowest BCUT2D eigenvalue weighted by Crippen LogP contribution is -2.50. The topological polar surface area (TPSA) is 91.1 Å². The molecule has 0 bridgehead atoms. The normalized spacial score (nSPS) is 22.5. The van der Waals surface area contributed by atoms with E-state index in [2.05, 4.69) is 15.2 Å². The highest BCUT2D eigenvalue weighted by atomic mass is 19.1. The number of piperidine rings is 1. The molecule has 0 saturated carbocycles. The van der Waals surface area contributed by atoms with Crippen LogP contribution in [-0.2, 0) is 0 Å². The Bertz CT molecular complexity index is 624. The number of nitrogens with zero attached hydrogens (tertiary/aromatic N) is 3. The fourth-order valence-corrected chi connectivity index (χ4v) is 2.70. The van der Waals surface area contributed by atoms with Crippen molar-refractivity contribution in [3.8, 4) is 17.1 Å². The Labute approximate surface area is 121 Å². The van der Waals surface area contributed by atoms with E-state index in [1.807, 2.05) is 11.8 Å². The van der Waals surface area contributed by atoms with Crippen molar-refractivity contribution in [2.24, 2.45) is 5.73 Å². The third-order valence-electron chi connectivity index (χ3n) is 4.01. The van der Waals surface area contributed by atoms with Crippen LogP contribution in [-0.4, -0.2) is 38.9 Å². The second-order valence-electron chi connectivity index (χ2n) is 5.36. The van der Waals surface area contributed by atoms with Crippen LogP contribution in [0, 0.1) is 5.82 Å². The molecule has 2 unspecified atom stereocenters. The van der Waals surface area contributed by atoms with Crippen molar-refractivity contribution < 1.29 is 9.50 Å². The van der Waals surface area contributed by atoms with Gasteiger partial charge in [-0.15, -0.1) is 5.10 Å². The number of anilines is 1. The number of aromatic amines is 1. The Morgan fingerprint density at radius 1 is 1.48 bits per heavy atom. The fourth-order valence-electron chi connectivity index (χ4n) is 2.70. The zero-order valence-electron chi connectivity index (χ0n) is 11.8. The molecule has 2 atom stereocenters. The van der Waals surface area contributed by atoms with Crippen LogP contribution < -0.4 is 10.6 Å². The lowest BCUT2D eigenvalue weighted by molar-refractivity contribution is 0.416. The lowest BCUT2D eigenvalue weighted by Gasteiger charge is -2.36. The number of benzene rings is 1. The molecule has 7 heteroatoms. The van der Waals surface area contributed by atoms with Crippen LogP contribution in [0.15, 0.2) is 18.2 Å². The molecule has 0 amide bonds. The number of halogens is 1.